The van der Waals surface area contributed by atoms with E-state index < -0.39 is 15.3 Å². The van der Waals surface area contributed by atoms with Crippen molar-refractivity contribution in [1.82, 2.24) is 0 Å². The molecule has 0 amide bonds. The normalized spacial score (nSPS) is 12.1. The molecule has 0 aliphatic rings. The van der Waals surface area contributed by atoms with Gasteiger partial charge in [0.15, 0.2) is 0 Å². The van der Waals surface area contributed by atoms with Crippen LogP contribution in [0.2, 0.25) is 19.6 Å². The van der Waals surface area contributed by atoms with Gasteiger partial charge in [-0.3, -0.25) is 0 Å². The van der Waals surface area contributed by atoms with Gasteiger partial charge in [0.05, 0.1) is 0 Å². The van der Waals surface area contributed by atoms with E-state index in [1.54, 1.807) is 0 Å². The first-order valence-corrected chi connectivity index (χ1v) is 14.9. The van der Waals surface area contributed by atoms with Crippen molar-refractivity contribution < 1.29 is 0 Å². The van der Waals surface area contributed by atoms with Gasteiger partial charge in [0.2, 0.25) is 0 Å². The third-order valence-corrected chi connectivity index (χ3v) is 10.2. The van der Waals surface area contributed by atoms with Crippen LogP contribution in [0.3, 0.4) is 0 Å². The summed E-state index contributed by atoms with van der Waals surface area (Å²) in [5, 5.41) is 4.30. The van der Waals surface area contributed by atoms with Crippen LogP contribution >= 0.6 is 7.26 Å². The van der Waals surface area contributed by atoms with Gasteiger partial charge in [-0.1, -0.05) is 0 Å². The quantitative estimate of drug-likeness (QED) is 0.356. The van der Waals surface area contributed by atoms with E-state index in [-0.39, 0.29) is 0 Å². The van der Waals surface area contributed by atoms with Gasteiger partial charge in [-0.15, -0.1) is 0 Å². The first kappa shape index (κ1) is 18.7. The molecule has 0 unspecified atom stereocenters. The number of rotatable bonds is 4. The zero-order valence-electron chi connectivity index (χ0n) is 15.9. The molecule has 0 aliphatic heterocycles. The summed E-state index contributed by atoms with van der Waals surface area (Å²) in [4.78, 5) is 0. The molecule has 26 heavy (non-hydrogen) atoms. The van der Waals surface area contributed by atoms with Crippen LogP contribution in [0.15, 0.2) is 91.0 Å². The molecule has 3 aromatic carbocycles. The Morgan fingerprint density at radius 3 is 1.27 bits per heavy atom. The van der Waals surface area contributed by atoms with Gasteiger partial charge >= 0.3 is 160 Å². The molecule has 2 heteroatoms. The molecule has 0 saturated carbocycles. The number of hydrogen-bond donors (Lipinski definition) is 0. The van der Waals surface area contributed by atoms with Crippen molar-refractivity contribution in [2.75, 3.05) is 6.16 Å². The van der Waals surface area contributed by atoms with Gasteiger partial charge in [0.25, 0.3) is 0 Å². The fourth-order valence-corrected chi connectivity index (χ4v) is 8.46. The van der Waals surface area contributed by atoms with Crippen molar-refractivity contribution in [2.45, 2.75) is 19.6 Å². The summed E-state index contributed by atoms with van der Waals surface area (Å²) in [6.45, 7) is 6.95. The monoisotopic (exact) mass is 374 g/mol. The second-order valence-electron chi connectivity index (χ2n) is 7.73. The Balaban J connectivity index is 2.26. The van der Waals surface area contributed by atoms with Crippen LogP contribution in [0.5, 0.6) is 0 Å². The predicted octanol–water partition coefficient (Wildman–Crippen LogP) is 4.59. The van der Waals surface area contributed by atoms with Crippen LogP contribution in [0.4, 0.5) is 0 Å². The summed E-state index contributed by atoms with van der Waals surface area (Å²) in [7, 11) is -3.57. The Hall–Kier alpha value is -2.13. The summed E-state index contributed by atoms with van der Waals surface area (Å²) in [6, 6.07) is 33.0. The molecule has 0 heterocycles. The van der Waals surface area contributed by atoms with Gasteiger partial charge in [-0.25, -0.2) is 0 Å². The van der Waals surface area contributed by atoms with Crippen molar-refractivity contribution in [3.05, 3.63) is 91.0 Å². The second kappa shape index (κ2) is 8.04. The van der Waals surface area contributed by atoms with Gasteiger partial charge in [-0.05, 0) is 0 Å². The molecule has 132 valence electrons. The van der Waals surface area contributed by atoms with Gasteiger partial charge in [0.1, 0.15) is 0 Å². The molecular formula is C24H27PSi. The molecule has 0 aromatic heterocycles. The first-order chi connectivity index (χ1) is 12.5. The summed E-state index contributed by atoms with van der Waals surface area (Å²) < 4.78 is 0. The van der Waals surface area contributed by atoms with E-state index in [2.05, 4.69) is 122 Å². The van der Waals surface area contributed by atoms with E-state index >= 15 is 0 Å². The van der Waals surface area contributed by atoms with E-state index in [1.807, 2.05) is 0 Å². The molecule has 0 atom stereocenters. The predicted molar refractivity (Wildman–Crippen MR) is 123 cm³/mol. The standard InChI is InChI=1S/C24H27PSi/c1-26(2,3)21-13-20-25(22-14-7-4-8-15-22,23-16-9-5-10-17-23)24-18-11-6-12-19-24/h4-12,14-19,25H,20H2,1-3H3. The molecule has 0 nitrogen and oxygen atoms in total. The van der Waals surface area contributed by atoms with Crippen molar-refractivity contribution in [3.63, 3.8) is 0 Å². The van der Waals surface area contributed by atoms with Crippen LogP contribution in [-0.2, 0) is 0 Å². The summed E-state index contributed by atoms with van der Waals surface area (Å²) >= 11 is 0. The van der Waals surface area contributed by atoms with Crippen molar-refractivity contribution in [3.8, 4) is 11.5 Å². The number of hydrogen-bond acceptors (Lipinski definition) is 0. The molecule has 0 N–H and O–H groups in total. The fraction of sp³-hybridized carbons (Fsp3) is 0.167. The van der Waals surface area contributed by atoms with E-state index in [0.717, 1.165) is 6.16 Å². The Bertz CT molecular complexity index is 788. The number of benzene rings is 3. The molecular weight excluding hydrogens is 347 g/mol. The van der Waals surface area contributed by atoms with Gasteiger partial charge in [-0.2, -0.15) is 0 Å². The average molecular weight is 375 g/mol. The van der Waals surface area contributed by atoms with Crippen LogP contribution in [0, 0.1) is 11.5 Å². The second-order valence-corrected chi connectivity index (χ2v) is 16.4. The molecule has 3 aromatic rings. The third kappa shape index (κ3) is 4.16. The van der Waals surface area contributed by atoms with Crippen molar-refractivity contribution in [2.24, 2.45) is 0 Å². The average Bonchev–Trinajstić information content (AvgIpc) is 2.67. The summed E-state index contributed by atoms with van der Waals surface area (Å²) in [6.07, 6.45) is 0.926. The van der Waals surface area contributed by atoms with Crippen LogP contribution < -0.4 is 15.9 Å². The van der Waals surface area contributed by atoms with Gasteiger partial charge in [0, 0.05) is 0 Å². The molecule has 3 rings (SSSR count). The molecule has 0 radical (unpaired) electrons. The van der Waals surface area contributed by atoms with Crippen molar-refractivity contribution in [1.29, 1.82) is 0 Å². The molecule has 0 saturated heterocycles. The molecule has 0 spiro atoms. The zero-order valence-corrected chi connectivity index (χ0v) is 17.9. The first-order valence-electron chi connectivity index (χ1n) is 9.19. The van der Waals surface area contributed by atoms with Crippen LogP contribution in [0.25, 0.3) is 0 Å². The maximum atomic E-state index is 3.64. The SMILES string of the molecule is C[Si](C)(C)C#CC[PH](c1ccccc1)(c1ccccc1)c1ccccc1. The summed E-state index contributed by atoms with van der Waals surface area (Å²) in [5.41, 5.74) is 3.61. The Morgan fingerprint density at radius 2 is 0.962 bits per heavy atom. The van der Waals surface area contributed by atoms with E-state index in [0.29, 0.717) is 0 Å². The molecule has 0 fully saturated rings. The van der Waals surface area contributed by atoms with E-state index in [1.165, 1.54) is 15.9 Å². The topological polar surface area (TPSA) is 0 Å². The minimum absolute atomic E-state index is 0.926. The maximum absolute atomic E-state index is 3.64. The molecule has 0 aliphatic carbocycles. The van der Waals surface area contributed by atoms with E-state index in [4.69, 9.17) is 0 Å². The van der Waals surface area contributed by atoms with Crippen molar-refractivity contribution >= 4 is 31.2 Å². The zero-order chi connectivity index (χ0) is 18.5. The van der Waals surface area contributed by atoms with Gasteiger partial charge < -0.3 is 0 Å². The Morgan fingerprint density at radius 1 is 0.615 bits per heavy atom. The van der Waals surface area contributed by atoms with Crippen LogP contribution in [0.1, 0.15) is 0 Å². The Kier molecular flexibility index (Phi) is 5.77. The fourth-order valence-electron chi connectivity index (χ4n) is 3.42. The van der Waals surface area contributed by atoms with E-state index in [9.17, 15) is 0 Å². The molecule has 0 bridgehead atoms. The summed E-state index contributed by atoms with van der Waals surface area (Å²) in [5.74, 6) is 3.64. The van der Waals surface area contributed by atoms with Crippen LogP contribution in [-0.4, -0.2) is 14.2 Å². The Labute approximate surface area is 159 Å². The minimum atomic E-state index is -2.17. The third-order valence-electron chi connectivity index (χ3n) is 4.62.